The van der Waals surface area contributed by atoms with Gasteiger partial charge >= 0.3 is 0 Å². The molecule has 0 saturated carbocycles. The first kappa shape index (κ1) is 20.8. The zero-order valence-corrected chi connectivity index (χ0v) is 17.3. The molecule has 2 aromatic heterocycles. The van der Waals surface area contributed by atoms with Gasteiger partial charge in [0.25, 0.3) is 0 Å². The highest BCUT2D eigenvalue weighted by Gasteiger charge is 2.35. The van der Waals surface area contributed by atoms with Crippen molar-refractivity contribution in [2.75, 3.05) is 0 Å². The van der Waals surface area contributed by atoms with E-state index in [0.29, 0.717) is 11.4 Å². The van der Waals surface area contributed by atoms with Gasteiger partial charge in [-0.1, -0.05) is 45.0 Å². The van der Waals surface area contributed by atoms with Gasteiger partial charge in [-0.05, 0) is 17.5 Å². The molecule has 29 heavy (non-hydrogen) atoms. The van der Waals surface area contributed by atoms with Gasteiger partial charge in [-0.2, -0.15) is 14.8 Å². The minimum Gasteiger partial charge on any atom is -0.337 e. The number of aromatic amines is 1. The van der Waals surface area contributed by atoms with Crippen molar-refractivity contribution in [3.63, 3.8) is 0 Å². The fourth-order valence-corrected chi connectivity index (χ4v) is 4.06. The zero-order chi connectivity index (χ0) is 21.2. The number of H-pyrrole nitrogens is 1. The molecule has 0 spiro atoms. The number of nitrogens with one attached hydrogen (secondary N) is 2. The molecule has 11 heteroatoms. The lowest BCUT2D eigenvalue weighted by molar-refractivity contribution is 0.0988. The van der Waals surface area contributed by atoms with Gasteiger partial charge in [-0.3, -0.25) is 9.89 Å². The molecule has 0 aliphatic rings. The summed E-state index contributed by atoms with van der Waals surface area (Å²) < 4.78 is 34.0. The van der Waals surface area contributed by atoms with Gasteiger partial charge in [0.2, 0.25) is 21.7 Å². The highest BCUT2D eigenvalue weighted by atomic mass is 32.2. The van der Waals surface area contributed by atoms with Crippen LogP contribution < -0.4 is 4.72 Å². The Kier molecular flexibility index (Phi) is 5.62. The van der Waals surface area contributed by atoms with E-state index in [2.05, 4.69) is 30.0 Å². The van der Waals surface area contributed by atoms with Crippen LogP contribution in [0.5, 0.6) is 0 Å². The summed E-state index contributed by atoms with van der Waals surface area (Å²) in [6.45, 7) is 7.25. The van der Waals surface area contributed by atoms with E-state index >= 15 is 0 Å². The van der Waals surface area contributed by atoms with Gasteiger partial charge in [-0.25, -0.2) is 13.4 Å². The van der Waals surface area contributed by atoms with Crippen LogP contribution in [0.25, 0.3) is 11.6 Å². The third-order valence-corrected chi connectivity index (χ3v) is 5.66. The van der Waals surface area contributed by atoms with Crippen LogP contribution in [0.2, 0.25) is 0 Å². The van der Waals surface area contributed by atoms with Crippen LogP contribution in [-0.4, -0.2) is 39.5 Å². The number of hydrogen-bond donors (Lipinski definition) is 2. The van der Waals surface area contributed by atoms with Crippen LogP contribution >= 0.6 is 0 Å². The van der Waals surface area contributed by atoms with Crippen LogP contribution in [0.4, 0.5) is 0 Å². The highest BCUT2D eigenvalue weighted by molar-refractivity contribution is 7.89. The quantitative estimate of drug-likeness (QED) is 0.557. The Hall–Kier alpha value is -2.92. The van der Waals surface area contributed by atoms with Crippen LogP contribution in [0.15, 0.2) is 40.0 Å². The third-order valence-electron chi connectivity index (χ3n) is 4.24. The first-order valence-corrected chi connectivity index (χ1v) is 10.4. The number of benzene rings is 1. The number of sulfonamides is 1. The molecule has 0 unspecified atom stereocenters. The lowest BCUT2D eigenvalue weighted by atomic mass is 9.87. The maximum absolute atomic E-state index is 13.0. The molecule has 0 radical (unpaired) electrons. The molecule has 3 rings (SSSR count). The number of carbonyl (C=O) groups excluding carboxylic acids is 1. The number of hydrogen-bond acceptors (Lipinski definition) is 8. The number of Topliss-reactive ketones (excluding diaryl/α,β-unsaturated/α-hetero) is 1. The molecule has 2 heterocycles. The molecule has 10 nitrogen and oxygen atoms in total. The van der Waals surface area contributed by atoms with Crippen LogP contribution in [-0.2, 0) is 10.0 Å². The Labute approximate surface area is 168 Å². The van der Waals surface area contributed by atoms with Crippen molar-refractivity contribution in [3.8, 4) is 11.6 Å². The molecule has 0 bridgehead atoms. The van der Waals surface area contributed by atoms with Crippen molar-refractivity contribution < 1.29 is 17.7 Å². The van der Waals surface area contributed by atoms with E-state index in [4.69, 9.17) is 4.52 Å². The molecule has 0 amide bonds. The van der Waals surface area contributed by atoms with Gasteiger partial charge in [0.15, 0.2) is 11.6 Å². The van der Waals surface area contributed by atoms with Crippen molar-refractivity contribution in [2.24, 2.45) is 5.41 Å². The monoisotopic (exact) mass is 418 g/mol. The smallest absolute Gasteiger partial charge is 0.245 e. The van der Waals surface area contributed by atoms with Crippen LogP contribution in [0.3, 0.4) is 0 Å². The first-order valence-electron chi connectivity index (χ1n) is 8.96. The first-order chi connectivity index (χ1) is 13.6. The Balaban J connectivity index is 1.94. The van der Waals surface area contributed by atoms with Gasteiger partial charge < -0.3 is 4.52 Å². The van der Waals surface area contributed by atoms with Crippen LogP contribution in [0.1, 0.15) is 56.4 Å². The van der Waals surface area contributed by atoms with Gasteiger partial charge in [0.05, 0.1) is 4.90 Å². The van der Waals surface area contributed by atoms with E-state index in [-0.39, 0.29) is 28.8 Å². The average Bonchev–Trinajstić information content (AvgIpc) is 3.36. The number of carbonyl (C=O) groups is 1. The second-order valence-electron chi connectivity index (χ2n) is 7.52. The van der Waals surface area contributed by atoms with E-state index in [9.17, 15) is 13.2 Å². The molecule has 0 fully saturated rings. The van der Waals surface area contributed by atoms with Crippen molar-refractivity contribution in [3.05, 3.63) is 42.0 Å². The minimum absolute atomic E-state index is 0.0129. The number of aromatic nitrogens is 5. The van der Waals surface area contributed by atoms with Crippen molar-refractivity contribution in [1.82, 2.24) is 30.0 Å². The molecule has 3 aromatic rings. The van der Waals surface area contributed by atoms with E-state index in [1.165, 1.54) is 24.5 Å². The summed E-state index contributed by atoms with van der Waals surface area (Å²) in [5.41, 5.74) is -0.247. The molecule has 1 atom stereocenters. The lowest BCUT2D eigenvalue weighted by Crippen LogP contribution is -2.37. The normalized spacial score (nSPS) is 13.4. The number of nitrogens with zero attached hydrogens (tertiary/aromatic N) is 4. The van der Waals surface area contributed by atoms with E-state index in [1.54, 1.807) is 13.0 Å². The summed E-state index contributed by atoms with van der Waals surface area (Å²) in [6, 6.07) is 5.11. The molecule has 0 saturated heterocycles. The standard InChI is InChI=1S/C18H22N6O4S/c1-5-13(25)11-7-6-8-12(9-11)29(26,27)24-14(18(2,3)4)17-21-16(23-28-17)15-19-10-20-22-15/h6-10,14,24H,5H2,1-4H3,(H,19,20,22)/t14-/m1/s1. The maximum Gasteiger partial charge on any atom is 0.245 e. The predicted octanol–water partition coefficient (Wildman–Crippen LogP) is 2.51. The molecule has 0 aliphatic heterocycles. The molecular weight excluding hydrogens is 396 g/mol. The molecule has 1 aromatic carbocycles. The van der Waals surface area contributed by atoms with E-state index in [0.717, 1.165) is 0 Å². The highest BCUT2D eigenvalue weighted by Crippen LogP contribution is 2.34. The number of ketones is 1. The summed E-state index contributed by atoms with van der Waals surface area (Å²) in [5.74, 6) is 0.430. The lowest BCUT2D eigenvalue weighted by Gasteiger charge is -2.28. The van der Waals surface area contributed by atoms with Crippen molar-refractivity contribution >= 4 is 15.8 Å². The van der Waals surface area contributed by atoms with E-state index < -0.39 is 21.5 Å². The molecule has 2 N–H and O–H groups in total. The van der Waals surface area contributed by atoms with E-state index in [1.807, 2.05) is 20.8 Å². The largest absolute Gasteiger partial charge is 0.337 e. The maximum atomic E-state index is 13.0. The topological polar surface area (TPSA) is 144 Å². The molecule has 154 valence electrons. The Morgan fingerprint density at radius 2 is 2.07 bits per heavy atom. The van der Waals surface area contributed by atoms with Crippen molar-refractivity contribution in [2.45, 2.75) is 45.1 Å². The summed E-state index contributed by atoms with van der Waals surface area (Å²) in [4.78, 5) is 20.2. The van der Waals surface area contributed by atoms with Gasteiger partial charge in [-0.15, -0.1) is 0 Å². The summed E-state index contributed by atoms with van der Waals surface area (Å²) in [5, 5.41) is 10.2. The van der Waals surface area contributed by atoms with Gasteiger partial charge in [0.1, 0.15) is 12.4 Å². The summed E-state index contributed by atoms with van der Waals surface area (Å²) in [6.07, 6.45) is 1.59. The number of rotatable bonds is 7. The molecular formula is C18H22N6O4S. The SMILES string of the molecule is CCC(=O)c1cccc(S(=O)(=O)N[C@H](c2nc(-c3ncn[nH]3)no2)C(C)(C)C)c1. The zero-order valence-electron chi connectivity index (χ0n) is 16.5. The minimum atomic E-state index is -3.97. The summed E-state index contributed by atoms with van der Waals surface area (Å²) >= 11 is 0. The third kappa shape index (κ3) is 4.57. The van der Waals surface area contributed by atoms with Gasteiger partial charge in [0, 0.05) is 12.0 Å². The Morgan fingerprint density at radius 3 is 2.69 bits per heavy atom. The fourth-order valence-electron chi connectivity index (χ4n) is 2.62. The Bertz CT molecular complexity index is 1100. The van der Waals surface area contributed by atoms with Crippen molar-refractivity contribution in [1.29, 1.82) is 0 Å². The fraction of sp³-hybridized carbons (Fsp3) is 0.389. The van der Waals surface area contributed by atoms with Crippen LogP contribution in [0, 0.1) is 5.41 Å². The molecule has 0 aliphatic carbocycles. The second kappa shape index (κ2) is 7.84. The summed E-state index contributed by atoms with van der Waals surface area (Å²) in [7, 11) is -3.97. The Morgan fingerprint density at radius 1 is 1.31 bits per heavy atom. The average molecular weight is 418 g/mol. The second-order valence-corrected chi connectivity index (χ2v) is 9.23. The predicted molar refractivity (Wildman–Crippen MR) is 103 cm³/mol.